The van der Waals surface area contributed by atoms with Crippen molar-refractivity contribution in [3.63, 3.8) is 0 Å². The van der Waals surface area contributed by atoms with E-state index in [4.69, 9.17) is 0 Å². The van der Waals surface area contributed by atoms with Crippen molar-refractivity contribution >= 4 is 45.9 Å². The summed E-state index contributed by atoms with van der Waals surface area (Å²) in [6, 6.07) is 8.05. The van der Waals surface area contributed by atoms with Crippen molar-refractivity contribution < 1.29 is 4.79 Å². The number of anilines is 1. The predicted molar refractivity (Wildman–Crippen MR) is 122 cm³/mol. The molecule has 2 aromatic rings. The molecule has 5 aliphatic rings. The highest BCUT2D eigenvalue weighted by Crippen LogP contribution is 2.61. The zero-order valence-electron chi connectivity index (χ0n) is 16.3. The van der Waals surface area contributed by atoms with E-state index in [2.05, 4.69) is 27.6 Å². The van der Waals surface area contributed by atoms with Gasteiger partial charge in [-0.25, -0.2) is 0 Å². The normalized spacial score (nSPS) is 33.3. The summed E-state index contributed by atoms with van der Waals surface area (Å²) >= 11 is 5.58. The van der Waals surface area contributed by atoms with E-state index in [0.29, 0.717) is 15.3 Å². The first kappa shape index (κ1) is 18.7. The van der Waals surface area contributed by atoms with Crippen LogP contribution in [0.15, 0.2) is 24.3 Å². The van der Waals surface area contributed by atoms with E-state index in [9.17, 15) is 4.79 Å². The SMILES string of the molecule is O=C(Nc1nnc(C23CC4CC(CC(C4)C2)C3)s1)c1ccc(C2SCCS2)cc1. The first-order chi connectivity index (χ1) is 14.2. The molecule has 4 nitrogen and oxygen atoms in total. The summed E-state index contributed by atoms with van der Waals surface area (Å²) in [6.07, 6.45) is 8.11. The average molecular weight is 444 g/mol. The number of thioether (sulfide) groups is 2. The van der Waals surface area contributed by atoms with Gasteiger partial charge < -0.3 is 0 Å². The molecule has 1 amide bonds. The van der Waals surface area contributed by atoms with Crippen molar-refractivity contribution in [2.45, 2.75) is 48.5 Å². The molecule has 1 aliphatic heterocycles. The predicted octanol–water partition coefficient (Wildman–Crippen LogP) is 5.74. The highest BCUT2D eigenvalue weighted by Gasteiger charge is 2.53. The number of benzene rings is 1. The van der Waals surface area contributed by atoms with Crippen LogP contribution < -0.4 is 5.32 Å². The van der Waals surface area contributed by atoms with Crippen LogP contribution in [-0.2, 0) is 5.41 Å². The summed E-state index contributed by atoms with van der Waals surface area (Å²) in [5.41, 5.74) is 2.23. The molecule has 1 aromatic carbocycles. The van der Waals surface area contributed by atoms with Gasteiger partial charge in [0.15, 0.2) is 0 Å². The lowest BCUT2D eigenvalue weighted by atomic mass is 9.50. The minimum atomic E-state index is -0.0866. The van der Waals surface area contributed by atoms with Gasteiger partial charge in [0.1, 0.15) is 5.01 Å². The van der Waals surface area contributed by atoms with Gasteiger partial charge in [-0.1, -0.05) is 23.5 Å². The topological polar surface area (TPSA) is 54.9 Å². The maximum absolute atomic E-state index is 12.7. The fourth-order valence-corrected chi connectivity index (χ4v) is 10.2. The van der Waals surface area contributed by atoms with Crippen LogP contribution in [0.2, 0.25) is 0 Å². The summed E-state index contributed by atoms with van der Waals surface area (Å²) in [5, 5.41) is 13.7. The molecule has 7 rings (SSSR count). The fourth-order valence-electron chi connectivity index (χ4n) is 6.37. The third-order valence-electron chi connectivity index (χ3n) is 7.20. The van der Waals surface area contributed by atoms with Crippen LogP contribution in [0.5, 0.6) is 0 Å². The third-order valence-corrected chi connectivity index (χ3v) is 11.4. The van der Waals surface area contributed by atoms with E-state index in [1.165, 1.54) is 55.6 Å². The molecule has 152 valence electrons. The minimum Gasteiger partial charge on any atom is -0.296 e. The van der Waals surface area contributed by atoms with Gasteiger partial charge in [0.05, 0.1) is 4.58 Å². The van der Waals surface area contributed by atoms with Crippen LogP contribution >= 0.6 is 34.9 Å². The van der Waals surface area contributed by atoms with E-state index >= 15 is 0 Å². The van der Waals surface area contributed by atoms with Crippen molar-refractivity contribution in [1.29, 1.82) is 0 Å². The van der Waals surface area contributed by atoms with Gasteiger partial charge in [0.25, 0.3) is 5.91 Å². The lowest BCUT2D eigenvalue weighted by Crippen LogP contribution is -2.48. The summed E-state index contributed by atoms with van der Waals surface area (Å²) in [7, 11) is 0. The fraction of sp³-hybridized carbons (Fsp3) is 0.591. The highest BCUT2D eigenvalue weighted by atomic mass is 32.2. The van der Waals surface area contributed by atoms with Crippen molar-refractivity contribution in [1.82, 2.24) is 10.2 Å². The Hall–Kier alpha value is -1.05. The monoisotopic (exact) mass is 443 g/mol. The average Bonchev–Trinajstić information content (AvgIpc) is 3.40. The maximum atomic E-state index is 12.7. The zero-order chi connectivity index (χ0) is 19.4. The molecule has 4 saturated carbocycles. The number of nitrogens with one attached hydrogen (secondary N) is 1. The summed E-state index contributed by atoms with van der Waals surface area (Å²) < 4.78 is 0.512. The lowest BCUT2D eigenvalue weighted by molar-refractivity contribution is -0.00555. The Bertz CT molecular complexity index is 884. The second kappa shape index (κ2) is 7.27. The van der Waals surface area contributed by atoms with Gasteiger partial charge in [-0.15, -0.1) is 33.7 Å². The zero-order valence-corrected chi connectivity index (χ0v) is 18.8. The smallest absolute Gasteiger partial charge is 0.257 e. The molecular formula is C22H25N3OS3. The van der Waals surface area contributed by atoms with Crippen molar-refractivity contribution in [3.05, 3.63) is 40.4 Å². The molecule has 0 radical (unpaired) electrons. The molecule has 4 aliphatic carbocycles. The first-order valence-electron chi connectivity index (χ1n) is 10.7. The third kappa shape index (κ3) is 3.43. The maximum Gasteiger partial charge on any atom is 0.257 e. The van der Waals surface area contributed by atoms with Gasteiger partial charge in [-0.3, -0.25) is 10.1 Å². The van der Waals surface area contributed by atoms with Crippen molar-refractivity contribution in [2.24, 2.45) is 17.8 Å². The Labute approximate surface area is 184 Å². The summed E-state index contributed by atoms with van der Waals surface area (Å²) in [5.74, 6) is 4.99. The molecule has 0 atom stereocenters. The molecule has 1 saturated heterocycles. The van der Waals surface area contributed by atoms with E-state index in [-0.39, 0.29) is 11.3 Å². The van der Waals surface area contributed by atoms with Crippen molar-refractivity contribution in [3.8, 4) is 0 Å². The minimum absolute atomic E-state index is 0.0866. The van der Waals surface area contributed by atoms with Crippen LogP contribution in [0, 0.1) is 17.8 Å². The number of carbonyl (C=O) groups excluding carboxylic acids is 1. The molecule has 7 heteroatoms. The quantitative estimate of drug-likeness (QED) is 0.653. The molecule has 29 heavy (non-hydrogen) atoms. The number of carbonyl (C=O) groups is 1. The number of hydrogen-bond acceptors (Lipinski definition) is 6. The van der Waals surface area contributed by atoms with E-state index in [0.717, 1.165) is 22.8 Å². The second-order valence-electron chi connectivity index (χ2n) is 9.26. The Balaban J connectivity index is 1.16. The molecule has 2 heterocycles. The molecular weight excluding hydrogens is 418 g/mol. The van der Waals surface area contributed by atoms with E-state index in [1.807, 2.05) is 35.7 Å². The summed E-state index contributed by atoms with van der Waals surface area (Å²) in [4.78, 5) is 12.7. The lowest BCUT2D eigenvalue weighted by Gasteiger charge is -2.55. The molecule has 4 bridgehead atoms. The Kier molecular flexibility index (Phi) is 4.69. The standard InChI is InChI=1S/C22H25N3OS3/c26-18(16-1-3-17(4-2-16)19-27-5-6-28-19)23-21-25-24-20(29-21)22-10-13-7-14(11-22)9-15(8-13)12-22/h1-4,13-15,19H,5-12H2,(H,23,25,26). The Morgan fingerprint density at radius 3 is 2.17 bits per heavy atom. The number of hydrogen-bond donors (Lipinski definition) is 1. The van der Waals surface area contributed by atoms with Gasteiger partial charge in [-0.05, 0) is 74.0 Å². The Morgan fingerprint density at radius 2 is 1.55 bits per heavy atom. The molecule has 0 spiro atoms. The van der Waals surface area contributed by atoms with Crippen molar-refractivity contribution in [2.75, 3.05) is 16.8 Å². The van der Waals surface area contributed by atoms with Crippen LogP contribution in [0.3, 0.4) is 0 Å². The van der Waals surface area contributed by atoms with Gasteiger partial charge in [-0.2, -0.15) is 0 Å². The highest BCUT2D eigenvalue weighted by molar-refractivity contribution is 8.19. The van der Waals surface area contributed by atoms with Gasteiger partial charge >= 0.3 is 0 Å². The number of aromatic nitrogens is 2. The number of rotatable bonds is 4. The molecule has 0 unspecified atom stereocenters. The second-order valence-corrected chi connectivity index (χ2v) is 13.0. The Morgan fingerprint density at radius 1 is 0.931 bits per heavy atom. The van der Waals surface area contributed by atoms with E-state index < -0.39 is 0 Å². The molecule has 1 N–H and O–H groups in total. The van der Waals surface area contributed by atoms with Crippen LogP contribution in [0.25, 0.3) is 0 Å². The molecule has 5 fully saturated rings. The van der Waals surface area contributed by atoms with Gasteiger partial charge in [0.2, 0.25) is 5.13 Å². The largest absolute Gasteiger partial charge is 0.296 e. The first-order valence-corrected chi connectivity index (χ1v) is 13.6. The number of nitrogens with zero attached hydrogens (tertiary/aromatic N) is 2. The summed E-state index contributed by atoms with van der Waals surface area (Å²) in [6.45, 7) is 0. The van der Waals surface area contributed by atoms with Crippen LogP contribution in [0.4, 0.5) is 5.13 Å². The van der Waals surface area contributed by atoms with Crippen LogP contribution in [0.1, 0.15) is 64.0 Å². The van der Waals surface area contributed by atoms with Crippen LogP contribution in [-0.4, -0.2) is 27.6 Å². The van der Waals surface area contributed by atoms with E-state index in [1.54, 1.807) is 11.3 Å². The molecule has 1 aromatic heterocycles. The van der Waals surface area contributed by atoms with Gasteiger partial charge in [0, 0.05) is 22.5 Å². The number of amides is 1.